The number of nitrogens with one attached hydrogen (secondary N) is 1. The fourth-order valence-corrected chi connectivity index (χ4v) is 2.03. The summed E-state index contributed by atoms with van der Waals surface area (Å²) in [5.74, 6) is -3.10. The van der Waals surface area contributed by atoms with Crippen LogP contribution in [0, 0.1) is 5.92 Å². The highest BCUT2D eigenvalue weighted by Gasteiger charge is 2.59. The predicted molar refractivity (Wildman–Crippen MR) is 47.6 cm³/mol. The molecule has 0 heterocycles. The van der Waals surface area contributed by atoms with E-state index in [2.05, 4.69) is 0 Å². The van der Waals surface area contributed by atoms with Gasteiger partial charge in [-0.2, -0.15) is 13.2 Å². The monoisotopic (exact) mass is 239 g/mol. The molecule has 0 bridgehead atoms. The number of carboxylic acids is 1. The van der Waals surface area contributed by atoms with Crippen molar-refractivity contribution in [3.8, 4) is 0 Å². The van der Waals surface area contributed by atoms with Crippen molar-refractivity contribution in [2.24, 2.45) is 5.92 Å². The Morgan fingerprint density at radius 3 is 2.31 bits per heavy atom. The Morgan fingerprint density at radius 1 is 1.44 bits per heavy atom. The Kier molecular flexibility index (Phi) is 3.16. The molecule has 1 rings (SSSR count). The number of carbonyl (C=O) groups is 2. The van der Waals surface area contributed by atoms with Gasteiger partial charge in [0.2, 0.25) is 5.91 Å². The van der Waals surface area contributed by atoms with Gasteiger partial charge in [0, 0.05) is 6.92 Å². The zero-order chi connectivity index (χ0) is 12.6. The van der Waals surface area contributed by atoms with E-state index in [1.165, 1.54) is 0 Å². The minimum absolute atomic E-state index is 0.0743. The molecule has 0 aromatic carbocycles. The molecule has 0 aliphatic heterocycles. The number of amides is 1. The first-order chi connectivity index (χ1) is 7.18. The molecule has 92 valence electrons. The zero-order valence-corrected chi connectivity index (χ0v) is 8.60. The van der Waals surface area contributed by atoms with Crippen LogP contribution in [0.2, 0.25) is 0 Å². The number of halogens is 3. The molecule has 1 aliphatic rings. The summed E-state index contributed by atoms with van der Waals surface area (Å²) in [6, 6.07) is 0. The van der Waals surface area contributed by atoms with Crippen molar-refractivity contribution < 1.29 is 27.9 Å². The van der Waals surface area contributed by atoms with Crippen LogP contribution in [0.4, 0.5) is 13.2 Å². The Morgan fingerprint density at radius 2 is 2.00 bits per heavy atom. The maximum Gasteiger partial charge on any atom is 0.411 e. The van der Waals surface area contributed by atoms with E-state index in [-0.39, 0.29) is 12.8 Å². The van der Waals surface area contributed by atoms with E-state index in [0.29, 0.717) is 0 Å². The maximum atomic E-state index is 12.8. The van der Waals surface area contributed by atoms with Gasteiger partial charge >= 0.3 is 12.1 Å². The molecule has 0 saturated heterocycles. The molecule has 1 saturated carbocycles. The van der Waals surface area contributed by atoms with E-state index in [1.54, 1.807) is 0 Å². The van der Waals surface area contributed by atoms with E-state index in [4.69, 9.17) is 5.11 Å². The predicted octanol–water partition coefficient (Wildman–Crippen LogP) is 1.31. The van der Waals surface area contributed by atoms with Gasteiger partial charge in [-0.3, -0.25) is 9.59 Å². The summed E-state index contributed by atoms with van der Waals surface area (Å²) in [5.41, 5.74) is -2.37. The number of rotatable bonds is 2. The van der Waals surface area contributed by atoms with Gasteiger partial charge in [-0.1, -0.05) is 0 Å². The highest BCUT2D eigenvalue weighted by molar-refractivity contribution is 5.75. The number of hydrogen-bond donors (Lipinski definition) is 2. The second kappa shape index (κ2) is 3.95. The minimum atomic E-state index is -4.62. The van der Waals surface area contributed by atoms with Crippen LogP contribution in [0.1, 0.15) is 26.2 Å². The molecular weight excluding hydrogens is 227 g/mol. The summed E-state index contributed by atoms with van der Waals surface area (Å²) >= 11 is 0. The van der Waals surface area contributed by atoms with E-state index in [1.807, 2.05) is 5.32 Å². The number of aliphatic carboxylic acids is 1. The molecule has 4 nitrogen and oxygen atoms in total. The van der Waals surface area contributed by atoms with Gasteiger partial charge in [0.25, 0.3) is 0 Å². The molecule has 0 aromatic heterocycles. The fourth-order valence-electron chi connectivity index (χ4n) is 2.03. The van der Waals surface area contributed by atoms with Crippen LogP contribution in [-0.2, 0) is 9.59 Å². The summed E-state index contributed by atoms with van der Waals surface area (Å²) in [6.45, 7) is 0.988. The molecule has 7 heteroatoms. The molecule has 1 aliphatic carbocycles. The summed E-state index contributed by atoms with van der Waals surface area (Å²) < 4.78 is 38.4. The number of hydrogen-bond acceptors (Lipinski definition) is 2. The quantitative estimate of drug-likeness (QED) is 0.763. The normalized spacial score (nSPS) is 30.1. The van der Waals surface area contributed by atoms with Crippen LogP contribution < -0.4 is 5.32 Å². The van der Waals surface area contributed by atoms with Crippen molar-refractivity contribution in [3.63, 3.8) is 0 Å². The SMILES string of the molecule is CC(=O)NC1(C(F)(F)F)CCC(C(=O)O)C1. The van der Waals surface area contributed by atoms with Gasteiger partial charge in [0.15, 0.2) is 0 Å². The highest BCUT2D eigenvalue weighted by Crippen LogP contribution is 2.45. The van der Waals surface area contributed by atoms with E-state index in [9.17, 15) is 22.8 Å². The van der Waals surface area contributed by atoms with Crippen LogP contribution in [0.5, 0.6) is 0 Å². The molecule has 2 N–H and O–H groups in total. The average Bonchev–Trinajstić information content (AvgIpc) is 2.47. The lowest BCUT2D eigenvalue weighted by molar-refractivity contribution is -0.197. The first-order valence-electron chi connectivity index (χ1n) is 4.76. The van der Waals surface area contributed by atoms with Crippen molar-refractivity contribution in [2.75, 3.05) is 0 Å². The third-order valence-corrected chi connectivity index (χ3v) is 2.82. The van der Waals surface area contributed by atoms with Crippen molar-refractivity contribution in [1.82, 2.24) is 5.32 Å². The van der Waals surface area contributed by atoms with E-state index in [0.717, 1.165) is 6.92 Å². The standard InChI is InChI=1S/C9H12F3NO3/c1-5(14)13-8(9(10,11)12)3-2-6(4-8)7(15)16/h6H,2-4H2,1H3,(H,13,14)(H,15,16). The Bertz CT molecular complexity index is 316. The summed E-state index contributed by atoms with van der Waals surface area (Å²) in [6.07, 6.45) is -5.67. The van der Waals surface area contributed by atoms with Crippen LogP contribution in [-0.4, -0.2) is 28.7 Å². The first kappa shape index (κ1) is 12.8. The summed E-state index contributed by atoms with van der Waals surface area (Å²) in [5, 5.41) is 10.5. The third-order valence-electron chi connectivity index (χ3n) is 2.82. The lowest BCUT2D eigenvalue weighted by atomic mass is 9.95. The Hall–Kier alpha value is -1.27. The summed E-state index contributed by atoms with van der Waals surface area (Å²) in [7, 11) is 0. The van der Waals surface area contributed by atoms with Crippen LogP contribution in [0.25, 0.3) is 0 Å². The van der Waals surface area contributed by atoms with Gasteiger partial charge in [-0.25, -0.2) is 0 Å². The average molecular weight is 239 g/mol. The molecule has 0 aromatic rings. The van der Waals surface area contributed by atoms with Crippen molar-refractivity contribution in [1.29, 1.82) is 0 Å². The lowest BCUT2D eigenvalue weighted by Crippen LogP contribution is -2.56. The molecule has 16 heavy (non-hydrogen) atoms. The molecule has 0 radical (unpaired) electrons. The molecule has 1 fully saturated rings. The number of carboxylic acid groups (broad SMARTS) is 1. The Balaban J connectivity index is 2.92. The second-order valence-corrected chi connectivity index (χ2v) is 4.04. The van der Waals surface area contributed by atoms with Crippen LogP contribution >= 0.6 is 0 Å². The number of alkyl halides is 3. The molecule has 2 atom stereocenters. The van der Waals surface area contributed by atoms with E-state index < -0.39 is 35.9 Å². The molecule has 2 unspecified atom stereocenters. The van der Waals surface area contributed by atoms with Crippen molar-refractivity contribution >= 4 is 11.9 Å². The van der Waals surface area contributed by atoms with Gasteiger partial charge in [-0.15, -0.1) is 0 Å². The third kappa shape index (κ3) is 2.28. The largest absolute Gasteiger partial charge is 0.481 e. The molecule has 1 amide bonds. The highest BCUT2D eigenvalue weighted by atomic mass is 19.4. The summed E-state index contributed by atoms with van der Waals surface area (Å²) in [4.78, 5) is 21.4. The van der Waals surface area contributed by atoms with Gasteiger partial charge in [0.05, 0.1) is 5.92 Å². The zero-order valence-electron chi connectivity index (χ0n) is 8.60. The smallest absolute Gasteiger partial charge is 0.411 e. The topological polar surface area (TPSA) is 66.4 Å². The van der Waals surface area contributed by atoms with Crippen molar-refractivity contribution in [3.05, 3.63) is 0 Å². The van der Waals surface area contributed by atoms with Gasteiger partial charge in [-0.05, 0) is 19.3 Å². The molecular formula is C9H12F3NO3. The lowest BCUT2D eigenvalue weighted by Gasteiger charge is -2.32. The van der Waals surface area contributed by atoms with Crippen molar-refractivity contribution in [2.45, 2.75) is 37.9 Å². The van der Waals surface area contributed by atoms with Gasteiger partial charge in [0.1, 0.15) is 5.54 Å². The Labute approximate surface area is 89.8 Å². The molecule has 0 spiro atoms. The number of carbonyl (C=O) groups excluding carboxylic acids is 1. The van der Waals surface area contributed by atoms with Gasteiger partial charge < -0.3 is 10.4 Å². The van der Waals surface area contributed by atoms with E-state index >= 15 is 0 Å². The minimum Gasteiger partial charge on any atom is -0.481 e. The fraction of sp³-hybridized carbons (Fsp3) is 0.778. The second-order valence-electron chi connectivity index (χ2n) is 4.04. The van der Waals surface area contributed by atoms with Crippen LogP contribution in [0.15, 0.2) is 0 Å². The maximum absolute atomic E-state index is 12.8. The first-order valence-corrected chi connectivity index (χ1v) is 4.76. The van der Waals surface area contributed by atoms with Crippen LogP contribution in [0.3, 0.4) is 0 Å².